The number of nitrogens with zero attached hydrogens (tertiary/aromatic N) is 4. The second-order valence-electron chi connectivity index (χ2n) is 17.6. The normalized spacial score (nSPS) is 12.6. The Bertz CT molecular complexity index is 3430. The molecule has 0 fully saturated rings. The van der Waals surface area contributed by atoms with Crippen LogP contribution in [0.25, 0.3) is 98.9 Å². The maximum atomic E-state index is 10.6. The number of aromatic nitrogens is 2. The molecule has 0 aliphatic carbocycles. The van der Waals surface area contributed by atoms with Gasteiger partial charge in [0.05, 0.1) is 55.3 Å². The van der Waals surface area contributed by atoms with Crippen LogP contribution in [0.1, 0.15) is 63.8 Å². The lowest BCUT2D eigenvalue weighted by Crippen LogP contribution is -2.11. The summed E-state index contributed by atoms with van der Waals surface area (Å²) in [5.74, 6) is 0. The van der Waals surface area contributed by atoms with Gasteiger partial charge in [0, 0.05) is 32.3 Å². The predicted octanol–water partition coefficient (Wildman–Crippen LogP) is 14.0. The van der Waals surface area contributed by atoms with E-state index in [0.29, 0.717) is 11.1 Å². The van der Waals surface area contributed by atoms with Gasteiger partial charge in [0.1, 0.15) is 34.5 Å². The van der Waals surface area contributed by atoms with Crippen molar-refractivity contribution >= 4 is 87.5 Å². The Morgan fingerprint density at radius 1 is 0.431 bits per heavy atom. The van der Waals surface area contributed by atoms with Crippen molar-refractivity contribution in [3.63, 3.8) is 0 Å². The van der Waals surface area contributed by atoms with Crippen LogP contribution in [-0.2, 0) is 10.8 Å². The summed E-state index contributed by atoms with van der Waals surface area (Å²) in [5.41, 5.74) is 11.5. The maximum Gasteiger partial charge on any atom is 0.145 e. The summed E-state index contributed by atoms with van der Waals surface area (Å²) >= 11 is 0. The summed E-state index contributed by atoms with van der Waals surface area (Å²) in [6.45, 7) is 13.4. The molecule has 0 radical (unpaired) electrons. The second kappa shape index (κ2) is 11.6. The topological polar surface area (TPSA) is 83.7 Å². The Morgan fingerprint density at radius 3 is 1.22 bits per heavy atom. The van der Waals surface area contributed by atoms with Crippen molar-refractivity contribution in [3.8, 4) is 23.5 Å². The lowest BCUT2D eigenvalue weighted by molar-refractivity contribution is 0.591. The standard InChI is InChI=1S/C52H38N4O2/c1-51(2,3)31-15-19-39-37(25-31)47-41(21-17-35-33-11-7-9-13-45(33)57-49(35)47)55(39)43-23-29(27-53)30(28-54)24-44(43)56-40-20-16-32(52(4,5)6)26-38(40)48-42(56)22-18-36-34-12-8-10-14-46(34)58-50(36)48/h7-26H,1-6H3. The molecule has 6 heteroatoms. The first-order chi connectivity index (χ1) is 27.9. The van der Waals surface area contributed by atoms with Crippen molar-refractivity contribution in [1.82, 2.24) is 9.13 Å². The molecule has 0 unspecified atom stereocenters. The number of rotatable bonds is 2. The predicted molar refractivity (Wildman–Crippen MR) is 237 cm³/mol. The zero-order valence-corrected chi connectivity index (χ0v) is 33.2. The number of benzene rings is 7. The Morgan fingerprint density at radius 2 is 0.828 bits per heavy atom. The largest absolute Gasteiger partial charge is 0.455 e. The third kappa shape index (κ3) is 4.63. The fourth-order valence-electron chi connectivity index (χ4n) is 9.14. The molecule has 0 bridgehead atoms. The first kappa shape index (κ1) is 34.0. The van der Waals surface area contributed by atoms with E-state index in [1.54, 1.807) is 0 Å². The van der Waals surface area contributed by atoms with Crippen molar-refractivity contribution in [2.24, 2.45) is 0 Å². The number of furan rings is 2. The lowest BCUT2D eigenvalue weighted by atomic mass is 9.86. The van der Waals surface area contributed by atoms with Gasteiger partial charge in [-0.05, 0) is 94.8 Å². The van der Waals surface area contributed by atoms with Crippen LogP contribution in [0.15, 0.2) is 130 Å². The molecule has 0 saturated heterocycles. The van der Waals surface area contributed by atoms with Crippen LogP contribution in [0.2, 0.25) is 0 Å². The highest BCUT2D eigenvalue weighted by Crippen LogP contribution is 2.46. The van der Waals surface area contributed by atoms with Gasteiger partial charge in [-0.1, -0.05) is 90.1 Å². The molecule has 11 rings (SSSR count). The van der Waals surface area contributed by atoms with Crippen molar-refractivity contribution < 1.29 is 8.83 Å². The van der Waals surface area contributed by atoms with Crippen LogP contribution in [0.3, 0.4) is 0 Å². The van der Waals surface area contributed by atoms with E-state index in [1.807, 2.05) is 48.5 Å². The Labute approximate surface area is 334 Å². The minimum absolute atomic E-state index is 0.102. The highest BCUT2D eigenvalue weighted by molar-refractivity contribution is 6.25. The molecule has 0 aliphatic rings. The molecule has 0 spiro atoms. The SMILES string of the molecule is CC(C)(C)c1ccc2c(c1)c1c3oc4ccccc4c3ccc1n2-c1cc(C#N)c(C#N)cc1-n1c2ccc(C(C)(C)C)cc2c2c3oc4ccccc4c3ccc21. The third-order valence-corrected chi connectivity index (χ3v) is 12.1. The van der Waals surface area contributed by atoms with E-state index in [-0.39, 0.29) is 10.8 Å². The van der Waals surface area contributed by atoms with Crippen molar-refractivity contribution in [3.05, 3.63) is 144 Å². The Hall–Kier alpha value is -7.28. The second-order valence-corrected chi connectivity index (χ2v) is 17.6. The molecule has 0 saturated carbocycles. The van der Waals surface area contributed by atoms with Gasteiger partial charge in [0.15, 0.2) is 0 Å². The molecule has 4 heterocycles. The highest BCUT2D eigenvalue weighted by Gasteiger charge is 2.27. The molecule has 0 N–H and O–H groups in total. The molecule has 278 valence electrons. The van der Waals surface area contributed by atoms with Gasteiger partial charge in [-0.25, -0.2) is 0 Å². The van der Waals surface area contributed by atoms with Crippen LogP contribution in [0, 0.1) is 22.7 Å². The smallest absolute Gasteiger partial charge is 0.145 e. The highest BCUT2D eigenvalue weighted by atomic mass is 16.3. The number of para-hydroxylation sites is 2. The van der Waals surface area contributed by atoms with Gasteiger partial charge in [-0.2, -0.15) is 10.5 Å². The van der Waals surface area contributed by atoms with Crippen LogP contribution in [0.4, 0.5) is 0 Å². The molecule has 11 aromatic rings. The van der Waals surface area contributed by atoms with E-state index in [1.165, 1.54) is 11.1 Å². The summed E-state index contributed by atoms with van der Waals surface area (Å²) in [6, 6.07) is 46.8. The van der Waals surface area contributed by atoms with E-state index in [2.05, 4.69) is 136 Å². The van der Waals surface area contributed by atoms with E-state index in [4.69, 9.17) is 8.83 Å². The fraction of sp³-hybridized carbons (Fsp3) is 0.154. The molecule has 0 atom stereocenters. The van der Waals surface area contributed by atoms with Crippen molar-refractivity contribution in [1.29, 1.82) is 10.5 Å². The molecule has 58 heavy (non-hydrogen) atoms. The average molecular weight is 751 g/mol. The van der Waals surface area contributed by atoms with Crippen LogP contribution >= 0.6 is 0 Å². The van der Waals surface area contributed by atoms with E-state index >= 15 is 0 Å². The Balaban J connectivity index is 1.33. The summed E-state index contributed by atoms with van der Waals surface area (Å²) < 4.78 is 18.0. The monoisotopic (exact) mass is 750 g/mol. The van der Waals surface area contributed by atoms with Gasteiger partial charge in [0.2, 0.25) is 0 Å². The molecule has 0 amide bonds. The maximum absolute atomic E-state index is 10.6. The third-order valence-electron chi connectivity index (χ3n) is 12.1. The molecular weight excluding hydrogens is 713 g/mol. The zero-order chi connectivity index (χ0) is 39.8. The summed E-state index contributed by atoms with van der Waals surface area (Å²) in [6.07, 6.45) is 0. The zero-order valence-electron chi connectivity index (χ0n) is 33.2. The molecular formula is C52H38N4O2. The van der Waals surface area contributed by atoms with E-state index in [0.717, 1.165) is 98.9 Å². The van der Waals surface area contributed by atoms with Gasteiger partial charge >= 0.3 is 0 Å². The quantitative estimate of drug-likeness (QED) is 0.176. The number of nitriles is 2. The number of hydrogen-bond acceptors (Lipinski definition) is 4. The van der Waals surface area contributed by atoms with Crippen molar-refractivity contribution in [2.75, 3.05) is 0 Å². The van der Waals surface area contributed by atoms with Gasteiger partial charge in [-0.15, -0.1) is 0 Å². The van der Waals surface area contributed by atoms with Crippen molar-refractivity contribution in [2.45, 2.75) is 52.4 Å². The van der Waals surface area contributed by atoms with Crippen LogP contribution in [-0.4, -0.2) is 9.13 Å². The minimum atomic E-state index is -0.102. The van der Waals surface area contributed by atoms with E-state index in [9.17, 15) is 10.5 Å². The fourth-order valence-corrected chi connectivity index (χ4v) is 9.14. The molecule has 6 nitrogen and oxygen atoms in total. The van der Waals surface area contributed by atoms with E-state index < -0.39 is 0 Å². The average Bonchev–Trinajstić information content (AvgIpc) is 3.96. The summed E-state index contributed by atoms with van der Waals surface area (Å²) in [5, 5.41) is 29.5. The van der Waals surface area contributed by atoms with Crippen LogP contribution in [0.5, 0.6) is 0 Å². The summed E-state index contributed by atoms with van der Waals surface area (Å²) in [4.78, 5) is 0. The minimum Gasteiger partial charge on any atom is -0.455 e. The van der Waals surface area contributed by atoms with Crippen LogP contribution < -0.4 is 0 Å². The molecule has 7 aromatic carbocycles. The number of fused-ring (bicyclic) bond motifs is 14. The first-order valence-electron chi connectivity index (χ1n) is 19.7. The van der Waals surface area contributed by atoms with Gasteiger partial charge in [-0.3, -0.25) is 0 Å². The van der Waals surface area contributed by atoms with Gasteiger partial charge < -0.3 is 18.0 Å². The summed E-state index contributed by atoms with van der Waals surface area (Å²) in [7, 11) is 0. The Kier molecular flexibility index (Phi) is 6.82. The first-order valence-corrected chi connectivity index (χ1v) is 19.7. The molecule has 0 aliphatic heterocycles. The molecule has 4 aromatic heterocycles. The lowest BCUT2D eigenvalue weighted by Gasteiger charge is -2.20. The number of hydrogen-bond donors (Lipinski definition) is 0. The van der Waals surface area contributed by atoms with Gasteiger partial charge in [0.25, 0.3) is 0 Å².